The minimum absolute atomic E-state index is 0.337. The summed E-state index contributed by atoms with van der Waals surface area (Å²) in [4.78, 5) is 0. The summed E-state index contributed by atoms with van der Waals surface area (Å²) in [5.74, 6) is -0.514. The lowest BCUT2D eigenvalue weighted by molar-refractivity contribution is 0.203. The van der Waals surface area contributed by atoms with Gasteiger partial charge in [-0.1, -0.05) is 12.8 Å². The van der Waals surface area contributed by atoms with Crippen molar-refractivity contribution in [1.82, 2.24) is 0 Å². The Morgan fingerprint density at radius 1 is 1.36 bits per heavy atom. The van der Waals surface area contributed by atoms with E-state index in [0.717, 1.165) is 12.8 Å². The highest BCUT2D eigenvalue weighted by atomic mass is 32.2. The van der Waals surface area contributed by atoms with Crippen molar-refractivity contribution < 1.29 is 12.8 Å². The van der Waals surface area contributed by atoms with Crippen molar-refractivity contribution in [3.05, 3.63) is 0 Å². The monoisotopic (exact) mass is 181 g/mol. The van der Waals surface area contributed by atoms with Gasteiger partial charge in [-0.05, 0) is 12.8 Å². The average molecular weight is 181 g/mol. The lowest BCUT2D eigenvalue weighted by Crippen LogP contribution is -2.33. The van der Waals surface area contributed by atoms with E-state index in [4.69, 9.17) is 5.14 Å². The van der Waals surface area contributed by atoms with E-state index in [0.29, 0.717) is 12.8 Å². The summed E-state index contributed by atoms with van der Waals surface area (Å²) < 4.78 is 34.4. The first-order chi connectivity index (χ1) is 4.91. The highest BCUT2D eigenvalue weighted by Crippen LogP contribution is 2.33. The van der Waals surface area contributed by atoms with Crippen LogP contribution in [0.15, 0.2) is 0 Å². The van der Waals surface area contributed by atoms with E-state index in [1.54, 1.807) is 0 Å². The summed E-state index contributed by atoms with van der Waals surface area (Å²) in [5, 5.41) is 4.73. The van der Waals surface area contributed by atoms with Crippen LogP contribution in [0.5, 0.6) is 0 Å². The van der Waals surface area contributed by atoms with Crippen LogP contribution < -0.4 is 5.14 Å². The largest absolute Gasteiger partial charge is 0.243 e. The maximum Gasteiger partial charge on any atom is 0.212 e. The fourth-order valence-electron chi connectivity index (χ4n) is 1.51. The zero-order valence-electron chi connectivity index (χ0n) is 6.22. The lowest BCUT2D eigenvalue weighted by Gasteiger charge is -2.16. The van der Waals surface area contributed by atoms with Gasteiger partial charge in [-0.25, -0.2) is 17.9 Å². The standard InChI is InChI=1S/C6H12FNO2S/c7-6(3-1-2-4-6)5-11(8,9)10/h1-5H2,(H2,8,9,10). The molecule has 0 aromatic carbocycles. The summed E-state index contributed by atoms with van der Waals surface area (Å²) in [6, 6.07) is 0. The second kappa shape index (κ2) is 2.71. The van der Waals surface area contributed by atoms with Crippen molar-refractivity contribution in [1.29, 1.82) is 0 Å². The molecule has 0 heterocycles. The molecule has 66 valence electrons. The number of rotatable bonds is 2. The van der Waals surface area contributed by atoms with Crippen molar-refractivity contribution >= 4 is 10.0 Å². The van der Waals surface area contributed by atoms with Gasteiger partial charge in [0.1, 0.15) is 5.67 Å². The fraction of sp³-hybridized carbons (Fsp3) is 1.00. The minimum Gasteiger partial charge on any atom is -0.243 e. The van der Waals surface area contributed by atoms with Gasteiger partial charge >= 0.3 is 0 Å². The first-order valence-electron chi connectivity index (χ1n) is 3.61. The molecule has 0 spiro atoms. The molecule has 0 radical (unpaired) electrons. The Labute approximate surface area is 65.8 Å². The van der Waals surface area contributed by atoms with Gasteiger partial charge in [-0.3, -0.25) is 0 Å². The normalized spacial score (nSPS) is 23.8. The number of sulfonamides is 1. The number of nitrogens with two attached hydrogens (primary N) is 1. The van der Waals surface area contributed by atoms with Crippen LogP contribution >= 0.6 is 0 Å². The Kier molecular flexibility index (Phi) is 2.20. The molecule has 1 aliphatic rings. The molecule has 0 saturated heterocycles. The van der Waals surface area contributed by atoms with Crippen molar-refractivity contribution in [2.24, 2.45) is 5.14 Å². The van der Waals surface area contributed by atoms with Crippen LogP contribution in [0.3, 0.4) is 0 Å². The molecule has 0 bridgehead atoms. The first-order valence-corrected chi connectivity index (χ1v) is 5.32. The van der Waals surface area contributed by atoms with Gasteiger partial charge in [0.15, 0.2) is 0 Å². The van der Waals surface area contributed by atoms with Crippen LogP contribution in [0.2, 0.25) is 0 Å². The van der Waals surface area contributed by atoms with Crippen molar-refractivity contribution in [2.75, 3.05) is 5.75 Å². The summed E-state index contributed by atoms with van der Waals surface area (Å²) >= 11 is 0. The zero-order valence-corrected chi connectivity index (χ0v) is 7.03. The number of alkyl halides is 1. The third-order valence-electron chi connectivity index (χ3n) is 1.96. The van der Waals surface area contributed by atoms with E-state index in [1.807, 2.05) is 0 Å². The fourth-order valence-corrected chi connectivity index (χ4v) is 2.52. The molecular weight excluding hydrogens is 169 g/mol. The van der Waals surface area contributed by atoms with Crippen molar-refractivity contribution in [2.45, 2.75) is 31.4 Å². The van der Waals surface area contributed by atoms with E-state index in [2.05, 4.69) is 0 Å². The maximum absolute atomic E-state index is 13.3. The molecule has 1 rings (SSSR count). The van der Waals surface area contributed by atoms with E-state index < -0.39 is 21.4 Å². The smallest absolute Gasteiger partial charge is 0.212 e. The van der Waals surface area contributed by atoms with Crippen molar-refractivity contribution in [3.63, 3.8) is 0 Å². The molecule has 0 aromatic heterocycles. The predicted molar refractivity (Wildman–Crippen MR) is 40.3 cm³/mol. The molecule has 1 aliphatic carbocycles. The molecule has 0 aliphatic heterocycles. The zero-order chi connectivity index (χ0) is 8.54. The molecule has 11 heavy (non-hydrogen) atoms. The maximum atomic E-state index is 13.3. The second-order valence-corrected chi connectivity index (χ2v) is 4.78. The Bertz CT molecular complexity index is 231. The molecule has 3 nitrogen and oxygen atoms in total. The minimum atomic E-state index is -3.64. The number of hydrogen-bond acceptors (Lipinski definition) is 2. The number of halogens is 1. The van der Waals surface area contributed by atoms with Crippen LogP contribution in [0, 0.1) is 0 Å². The third kappa shape index (κ3) is 2.75. The third-order valence-corrected chi connectivity index (χ3v) is 2.88. The summed E-state index contributed by atoms with van der Waals surface area (Å²) in [5.41, 5.74) is -1.53. The van der Waals surface area contributed by atoms with E-state index in [-0.39, 0.29) is 0 Å². The topological polar surface area (TPSA) is 60.2 Å². The Hall–Kier alpha value is -0.160. The van der Waals surface area contributed by atoms with E-state index in [9.17, 15) is 12.8 Å². The van der Waals surface area contributed by atoms with Crippen molar-refractivity contribution in [3.8, 4) is 0 Å². The van der Waals surface area contributed by atoms with Crippen LogP contribution in [-0.2, 0) is 10.0 Å². The quantitative estimate of drug-likeness (QED) is 0.676. The predicted octanol–water partition coefficient (Wildman–Crippen LogP) is 0.557. The van der Waals surface area contributed by atoms with Gasteiger partial charge in [-0.2, -0.15) is 0 Å². The highest BCUT2D eigenvalue weighted by molar-refractivity contribution is 7.89. The van der Waals surface area contributed by atoms with Crippen LogP contribution in [-0.4, -0.2) is 19.8 Å². The van der Waals surface area contributed by atoms with E-state index >= 15 is 0 Å². The summed E-state index contributed by atoms with van der Waals surface area (Å²) in [6.07, 6.45) is 2.21. The molecule has 1 fully saturated rings. The molecule has 0 unspecified atom stereocenters. The van der Waals surface area contributed by atoms with Gasteiger partial charge in [0.25, 0.3) is 0 Å². The van der Waals surface area contributed by atoms with Gasteiger partial charge in [0.05, 0.1) is 5.75 Å². The highest BCUT2D eigenvalue weighted by Gasteiger charge is 2.37. The average Bonchev–Trinajstić information content (AvgIpc) is 2.09. The number of hydrogen-bond donors (Lipinski definition) is 1. The SMILES string of the molecule is NS(=O)(=O)CC1(F)CCCC1. The number of primary sulfonamides is 1. The molecule has 0 amide bonds. The Balaban J connectivity index is 2.60. The molecule has 5 heteroatoms. The molecule has 0 aromatic rings. The Morgan fingerprint density at radius 3 is 2.18 bits per heavy atom. The van der Waals surface area contributed by atoms with Gasteiger partial charge in [0.2, 0.25) is 10.0 Å². The van der Waals surface area contributed by atoms with Gasteiger partial charge in [0, 0.05) is 0 Å². The summed E-state index contributed by atoms with van der Waals surface area (Å²) in [7, 11) is -3.64. The molecule has 0 atom stereocenters. The van der Waals surface area contributed by atoms with Gasteiger partial charge < -0.3 is 0 Å². The Morgan fingerprint density at radius 2 is 1.82 bits per heavy atom. The molecule has 2 N–H and O–H groups in total. The van der Waals surface area contributed by atoms with Gasteiger partial charge in [-0.15, -0.1) is 0 Å². The van der Waals surface area contributed by atoms with Crippen LogP contribution in [0.1, 0.15) is 25.7 Å². The van der Waals surface area contributed by atoms with E-state index in [1.165, 1.54) is 0 Å². The first kappa shape index (κ1) is 8.93. The summed E-state index contributed by atoms with van der Waals surface area (Å²) in [6.45, 7) is 0. The van der Waals surface area contributed by atoms with Crippen LogP contribution in [0.25, 0.3) is 0 Å². The lowest BCUT2D eigenvalue weighted by atomic mass is 10.1. The molecule has 1 saturated carbocycles. The second-order valence-electron chi connectivity index (χ2n) is 3.17. The molecular formula is C6H12FNO2S. The van der Waals surface area contributed by atoms with Crippen LogP contribution in [0.4, 0.5) is 4.39 Å².